The predicted molar refractivity (Wildman–Crippen MR) is 85.4 cm³/mol. The van der Waals surface area contributed by atoms with Crippen molar-refractivity contribution in [3.8, 4) is 0 Å². The number of aliphatic carboxylic acids is 1. The SMILES string of the molecule is CC(=CC1CCC(O[Si](C)(C)C(C)(C)C)CC1)C(=O)O. The summed E-state index contributed by atoms with van der Waals surface area (Å²) in [7, 11) is -1.67. The first-order valence-electron chi connectivity index (χ1n) is 7.62. The molecule has 0 aliphatic heterocycles. The predicted octanol–water partition coefficient (Wildman–Crippen LogP) is 4.60. The molecule has 0 bridgehead atoms. The fourth-order valence-corrected chi connectivity index (χ4v) is 3.81. The van der Waals surface area contributed by atoms with Crippen molar-refractivity contribution in [1.29, 1.82) is 0 Å². The van der Waals surface area contributed by atoms with E-state index in [1.54, 1.807) is 6.92 Å². The molecule has 0 saturated heterocycles. The molecule has 0 aromatic heterocycles. The van der Waals surface area contributed by atoms with Gasteiger partial charge < -0.3 is 9.53 Å². The molecule has 0 aromatic rings. The quantitative estimate of drug-likeness (QED) is 0.609. The topological polar surface area (TPSA) is 46.5 Å². The lowest BCUT2D eigenvalue weighted by Gasteiger charge is -2.41. The van der Waals surface area contributed by atoms with Crippen molar-refractivity contribution in [1.82, 2.24) is 0 Å². The molecule has 1 N–H and O–H groups in total. The zero-order valence-electron chi connectivity index (χ0n) is 13.8. The van der Waals surface area contributed by atoms with E-state index in [0.717, 1.165) is 25.7 Å². The number of carbonyl (C=O) groups is 1. The van der Waals surface area contributed by atoms with Crippen LogP contribution in [0.5, 0.6) is 0 Å². The minimum absolute atomic E-state index is 0.254. The van der Waals surface area contributed by atoms with Gasteiger partial charge in [0, 0.05) is 11.7 Å². The van der Waals surface area contributed by atoms with Gasteiger partial charge in [0.25, 0.3) is 0 Å². The molecule has 0 unspecified atom stereocenters. The van der Waals surface area contributed by atoms with Gasteiger partial charge in [0.05, 0.1) is 0 Å². The molecule has 116 valence electrons. The van der Waals surface area contributed by atoms with Crippen LogP contribution in [0.25, 0.3) is 0 Å². The average Bonchev–Trinajstić information content (AvgIpc) is 2.29. The average molecular weight is 298 g/mol. The first-order chi connectivity index (χ1) is 9.03. The Labute approximate surface area is 124 Å². The molecular formula is C16H30O3Si. The minimum Gasteiger partial charge on any atom is -0.478 e. The number of rotatable bonds is 4. The van der Waals surface area contributed by atoms with Gasteiger partial charge in [-0.2, -0.15) is 0 Å². The Bertz CT molecular complexity index is 372. The summed E-state index contributed by atoms with van der Waals surface area (Å²) in [6, 6.07) is 0. The maximum Gasteiger partial charge on any atom is 0.330 e. The molecule has 0 atom stereocenters. The highest BCUT2D eigenvalue weighted by Crippen LogP contribution is 2.39. The molecule has 0 spiro atoms. The number of carboxylic acid groups (broad SMARTS) is 1. The van der Waals surface area contributed by atoms with E-state index in [4.69, 9.17) is 9.53 Å². The smallest absolute Gasteiger partial charge is 0.330 e. The van der Waals surface area contributed by atoms with E-state index in [1.807, 2.05) is 6.08 Å². The molecule has 20 heavy (non-hydrogen) atoms. The van der Waals surface area contributed by atoms with Crippen molar-refractivity contribution < 1.29 is 14.3 Å². The molecule has 1 aliphatic rings. The van der Waals surface area contributed by atoms with Crippen LogP contribution in [-0.4, -0.2) is 25.5 Å². The Morgan fingerprint density at radius 3 is 2.10 bits per heavy atom. The summed E-state index contributed by atoms with van der Waals surface area (Å²) in [6.45, 7) is 13.1. The summed E-state index contributed by atoms with van der Waals surface area (Å²) in [5, 5.41) is 9.17. The largest absolute Gasteiger partial charge is 0.478 e. The number of allylic oxidation sites excluding steroid dienone is 1. The third-order valence-corrected chi connectivity index (χ3v) is 9.34. The second kappa shape index (κ2) is 6.44. The summed E-state index contributed by atoms with van der Waals surface area (Å²) in [6.07, 6.45) is 6.49. The summed E-state index contributed by atoms with van der Waals surface area (Å²) < 4.78 is 6.45. The molecule has 1 saturated carbocycles. The molecule has 1 rings (SSSR count). The highest BCUT2D eigenvalue weighted by Gasteiger charge is 2.39. The van der Waals surface area contributed by atoms with Crippen molar-refractivity contribution in [2.24, 2.45) is 5.92 Å². The van der Waals surface area contributed by atoms with E-state index >= 15 is 0 Å². The third-order valence-electron chi connectivity index (χ3n) is 4.81. The van der Waals surface area contributed by atoms with Crippen LogP contribution in [0.1, 0.15) is 53.4 Å². The Morgan fingerprint density at radius 2 is 1.70 bits per heavy atom. The normalized spacial score (nSPS) is 25.6. The second-order valence-electron chi connectivity index (χ2n) is 7.57. The molecule has 0 heterocycles. The minimum atomic E-state index is -1.67. The highest BCUT2D eigenvalue weighted by atomic mass is 28.4. The maximum atomic E-state index is 10.8. The van der Waals surface area contributed by atoms with Gasteiger partial charge in [-0.05, 0) is 56.7 Å². The van der Waals surface area contributed by atoms with Gasteiger partial charge in [0.1, 0.15) is 0 Å². The van der Waals surface area contributed by atoms with Crippen LogP contribution in [-0.2, 0) is 9.22 Å². The summed E-state index contributed by atoms with van der Waals surface area (Å²) in [4.78, 5) is 10.8. The molecule has 4 heteroatoms. The van der Waals surface area contributed by atoms with E-state index < -0.39 is 14.3 Å². The molecule has 0 radical (unpaired) electrons. The summed E-state index contributed by atoms with van der Waals surface area (Å²) in [5.41, 5.74) is 0.471. The number of hydrogen-bond donors (Lipinski definition) is 1. The lowest BCUT2D eigenvalue weighted by atomic mass is 9.86. The zero-order chi connectivity index (χ0) is 15.6. The Balaban J connectivity index is 2.51. The molecule has 1 aliphatic carbocycles. The van der Waals surface area contributed by atoms with Gasteiger partial charge >= 0.3 is 5.97 Å². The third kappa shape index (κ3) is 4.74. The molecule has 1 fully saturated rings. The van der Waals surface area contributed by atoms with Crippen molar-refractivity contribution in [2.45, 2.75) is 77.6 Å². The van der Waals surface area contributed by atoms with Crippen LogP contribution in [0, 0.1) is 5.92 Å². The monoisotopic (exact) mass is 298 g/mol. The number of hydrogen-bond acceptors (Lipinski definition) is 2. The lowest BCUT2D eigenvalue weighted by molar-refractivity contribution is -0.132. The first-order valence-corrected chi connectivity index (χ1v) is 10.5. The van der Waals surface area contributed by atoms with Crippen molar-refractivity contribution in [3.05, 3.63) is 11.6 Å². The van der Waals surface area contributed by atoms with Crippen LogP contribution in [0.4, 0.5) is 0 Å². The van der Waals surface area contributed by atoms with Crippen molar-refractivity contribution in [2.75, 3.05) is 0 Å². The molecule has 3 nitrogen and oxygen atoms in total. The number of carboxylic acids is 1. The van der Waals surface area contributed by atoms with Crippen LogP contribution in [0.15, 0.2) is 11.6 Å². The fourth-order valence-electron chi connectivity index (χ4n) is 2.39. The standard InChI is InChI=1S/C16H30O3Si/c1-12(15(17)18)11-13-7-9-14(10-8-13)19-20(5,6)16(2,3)4/h11,13-14H,7-10H2,1-6H3,(H,17,18). The maximum absolute atomic E-state index is 10.8. The Hall–Kier alpha value is -0.613. The van der Waals surface area contributed by atoms with Gasteiger partial charge in [0.15, 0.2) is 8.32 Å². The van der Waals surface area contributed by atoms with Crippen LogP contribution in [0.2, 0.25) is 18.1 Å². The molecular weight excluding hydrogens is 268 g/mol. The van der Waals surface area contributed by atoms with Crippen LogP contribution < -0.4 is 0 Å². The molecule has 0 aromatic carbocycles. The van der Waals surface area contributed by atoms with Gasteiger partial charge in [-0.1, -0.05) is 26.8 Å². The van der Waals surface area contributed by atoms with Crippen molar-refractivity contribution in [3.63, 3.8) is 0 Å². The van der Waals surface area contributed by atoms with E-state index in [-0.39, 0.29) is 5.04 Å². The van der Waals surface area contributed by atoms with Gasteiger partial charge in [0.2, 0.25) is 0 Å². The van der Waals surface area contributed by atoms with E-state index in [2.05, 4.69) is 33.9 Å². The highest BCUT2D eigenvalue weighted by molar-refractivity contribution is 6.74. The van der Waals surface area contributed by atoms with E-state index in [1.165, 1.54) is 0 Å². The van der Waals surface area contributed by atoms with Crippen molar-refractivity contribution >= 4 is 14.3 Å². The summed E-state index contributed by atoms with van der Waals surface area (Å²) >= 11 is 0. The van der Waals surface area contributed by atoms with Crippen LogP contribution >= 0.6 is 0 Å². The Kier molecular flexibility index (Phi) is 5.61. The van der Waals surface area contributed by atoms with Gasteiger partial charge in [-0.15, -0.1) is 0 Å². The van der Waals surface area contributed by atoms with E-state index in [9.17, 15) is 4.79 Å². The Morgan fingerprint density at radius 1 is 1.20 bits per heavy atom. The van der Waals surface area contributed by atoms with Crippen LogP contribution in [0.3, 0.4) is 0 Å². The van der Waals surface area contributed by atoms with Gasteiger partial charge in [-0.25, -0.2) is 4.79 Å². The summed E-state index contributed by atoms with van der Waals surface area (Å²) in [5.74, 6) is -0.394. The lowest BCUT2D eigenvalue weighted by Crippen LogP contribution is -2.44. The zero-order valence-corrected chi connectivity index (χ0v) is 14.8. The molecule has 0 amide bonds. The second-order valence-corrected chi connectivity index (χ2v) is 12.3. The fraction of sp³-hybridized carbons (Fsp3) is 0.812. The van der Waals surface area contributed by atoms with Gasteiger partial charge in [-0.3, -0.25) is 0 Å². The first kappa shape index (κ1) is 17.4. The van der Waals surface area contributed by atoms with E-state index in [0.29, 0.717) is 17.6 Å².